The molecule has 22 nitrogen and oxygen atoms in total. The van der Waals surface area contributed by atoms with Gasteiger partial charge in [-0.25, -0.2) is 9.59 Å². The van der Waals surface area contributed by atoms with Crippen molar-refractivity contribution in [3.8, 4) is 23.8 Å². The van der Waals surface area contributed by atoms with E-state index < -0.39 is 48.6 Å². The maximum absolute atomic E-state index is 13.3. The van der Waals surface area contributed by atoms with Crippen LogP contribution in [0.25, 0.3) is 0 Å². The summed E-state index contributed by atoms with van der Waals surface area (Å²) in [5.41, 5.74) is 1.57. The fourth-order valence-corrected chi connectivity index (χ4v) is 9.28. The summed E-state index contributed by atoms with van der Waals surface area (Å²) < 4.78 is 47.6. The number of nitrogens with one attached hydrogen (secondary N) is 2. The van der Waals surface area contributed by atoms with Crippen LogP contribution in [0.5, 0.6) is 11.5 Å². The molecule has 4 amide bonds. The minimum absolute atomic E-state index is 0.00137. The highest BCUT2D eigenvalue weighted by Crippen LogP contribution is 2.31. The molecule has 480 valence electrons. The number of likely N-dealkylation sites (N-methyl/N-ethyl adjacent to an activating group) is 1. The van der Waals surface area contributed by atoms with Crippen LogP contribution in [0.1, 0.15) is 125 Å². The van der Waals surface area contributed by atoms with Crippen LogP contribution in [0, 0.1) is 30.1 Å². The van der Waals surface area contributed by atoms with Crippen molar-refractivity contribution in [2.45, 2.75) is 182 Å². The molecule has 22 heteroatoms. The molecular formula is C63H101N5O17. The largest absolute Gasteiger partial charge is 0.480 e. The normalized spacial score (nSPS) is 18.0. The molecule has 85 heavy (non-hydrogen) atoms. The number of hydrogen-bond acceptors (Lipinski definition) is 18. The van der Waals surface area contributed by atoms with Crippen molar-refractivity contribution in [3.05, 3.63) is 59.7 Å². The van der Waals surface area contributed by atoms with Crippen molar-refractivity contribution >= 4 is 49.0 Å². The van der Waals surface area contributed by atoms with Gasteiger partial charge in [0.25, 0.3) is 6.47 Å². The molecule has 2 heterocycles. The van der Waals surface area contributed by atoms with Gasteiger partial charge < -0.3 is 68.0 Å². The zero-order valence-corrected chi connectivity index (χ0v) is 53.6. The van der Waals surface area contributed by atoms with E-state index in [9.17, 15) is 38.4 Å². The Balaban J connectivity index is 0.00000119. The van der Waals surface area contributed by atoms with Crippen LogP contribution in [0.3, 0.4) is 0 Å². The van der Waals surface area contributed by atoms with Crippen LogP contribution >= 0.6 is 0 Å². The minimum atomic E-state index is -0.930. The number of methoxy groups -OCH3 is 4. The number of carbonyl (C=O) groups excluding carboxylic acids is 8. The molecule has 2 N–H and O–H groups in total. The average Bonchev–Trinajstić information content (AvgIpc) is 4.25. The molecule has 2 aromatic carbocycles. The summed E-state index contributed by atoms with van der Waals surface area (Å²) in [6, 6.07) is 14.2. The summed E-state index contributed by atoms with van der Waals surface area (Å²) in [5.74, 6) is 2.63. The first-order chi connectivity index (χ1) is 40.4. The van der Waals surface area contributed by atoms with Gasteiger partial charge in [0.1, 0.15) is 36.9 Å². The third-order valence-corrected chi connectivity index (χ3v) is 14.2. The van der Waals surface area contributed by atoms with Crippen molar-refractivity contribution in [2.75, 3.05) is 69.3 Å². The Morgan fingerprint density at radius 3 is 2.02 bits per heavy atom. The van der Waals surface area contributed by atoms with Crippen LogP contribution in [0.15, 0.2) is 48.5 Å². The average molecular weight is 1200 g/mol. The summed E-state index contributed by atoms with van der Waals surface area (Å²) in [7, 11) is 11.8. The van der Waals surface area contributed by atoms with E-state index in [-0.39, 0.29) is 74.9 Å². The number of ether oxygens (including phenoxy) is 9. The van der Waals surface area contributed by atoms with E-state index in [0.29, 0.717) is 54.7 Å². The first kappa shape index (κ1) is 78.2. The zero-order chi connectivity index (χ0) is 64.6. The summed E-state index contributed by atoms with van der Waals surface area (Å²) in [6.07, 6.45) is 8.47. The second-order valence-electron chi connectivity index (χ2n) is 21.4. The van der Waals surface area contributed by atoms with Crippen molar-refractivity contribution in [3.63, 3.8) is 0 Å². The van der Waals surface area contributed by atoms with Gasteiger partial charge in [0.2, 0.25) is 30.9 Å². The SMILES string of the molecule is C#CCOc1cc(OC2CC(OC(C)=O)CC(C(=O)OC)O2)ccc1COC=O.CC(C)C(C)N(C)C.CCC.CCC(C)C(C(CC(=O)N1CCCC1C(OC)C(C)C)OC)N(C)C(=O)CNC=O.COC(=O)C(Cc1ccccc1)NC=O. The monoisotopic (exact) mass is 1200 g/mol. The van der Waals surface area contributed by atoms with Gasteiger partial charge in [0.05, 0.1) is 51.5 Å². The van der Waals surface area contributed by atoms with E-state index in [1.54, 1.807) is 44.4 Å². The molecule has 10 atom stereocenters. The van der Waals surface area contributed by atoms with E-state index in [1.807, 2.05) is 35.2 Å². The molecule has 2 aliphatic heterocycles. The first-order valence-corrected chi connectivity index (χ1v) is 29.0. The van der Waals surface area contributed by atoms with Crippen molar-refractivity contribution in [2.24, 2.45) is 17.8 Å². The number of esters is 3. The molecule has 0 aliphatic carbocycles. The quantitative estimate of drug-likeness (QED) is 0.0379. The second kappa shape index (κ2) is 44.6. The molecular weight excluding hydrogens is 1100 g/mol. The molecule has 0 saturated carbocycles. The van der Waals surface area contributed by atoms with E-state index in [4.69, 9.17) is 44.3 Å². The maximum atomic E-state index is 13.3. The fraction of sp³-hybridized carbons (Fsp3) is 0.651. The van der Waals surface area contributed by atoms with E-state index in [0.717, 1.165) is 37.3 Å². The van der Waals surface area contributed by atoms with Gasteiger partial charge in [-0.2, -0.15) is 0 Å². The Hall–Kier alpha value is -6.80. The smallest absolute Gasteiger partial charge is 0.335 e. The van der Waals surface area contributed by atoms with Crippen molar-refractivity contribution < 1.29 is 81.0 Å². The summed E-state index contributed by atoms with van der Waals surface area (Å²) in [6.45, 7) is 21.6. The van der Waals surface area contributed by atoms with Gasteiger partial charge in [-0.1, -0.05) is 104 Å². The lowest BCUT2D eigenvalue weighted by molar-refractivity contribution is -0.204. The van der Waals surface area contributed by atoms with Gasteiger partial charge in [-0.15, -0.1) is 6.42 Å². The van der Waals surface area contributed by atoms with Crippen molar-refractivity contribution in [1.29, 1.82) is 0 Å². The Bertz CT molecular complexity index is 2270. The minimum Gasteiger partial charge on any atom is -0.480 e. The molecule has 2 aromatic rings. The summed E-state index contributed by atoms with van der Waals surface area (Å²) in [5, 5.41) is 4.84. The van der Waals surface area contributed by atoms with E-state index in [1.165, 1.54) is 27.6 Å². The number of benzene rings is 2. The van der Waals surface area contributed by atoms with Crippen LogP contribution in [0.2, 0.25) is 0 Å². The molecule has 0 radical (unpaired) electrons. The highest BCUT2D eigenvalue weighted by molar-refractivity contribution is 5.81. The van der Waals surface area contributed by atoms with Crippen LogP contribution < -0.4 is 20.1 Å². The Kier molecular flexibility index (Phi) is 41.1. The number of hydrogen-bond donors (Lipinski definition) is 2. The molecule has 0 bridgehead atoms. The van der Waals surface area contributed by atoms with Gasteiger partial charge in [-0.3, -0.25) is 28.8 Å². The predicted molar refractivity (Wildman–Crippen MR) is 323 cm³/mol. The fourth-order valence-electron chi connectivity index (χ4n) is 9.28. The third-order valence-electron chi connectivity index (χ3n) is 14.2. The third kappa shape index (κ3) is 29.7. The van der Waals surface area contributed by atoms with Crippen molar-refractivity contribution in [1.82, 2.24) is 25.3 Å². The molecule has 0 aromatic heterocycles. The highest BCUT2D eigenvalue weighted by atomic mass is 16.7. The van der Waals surface area contributed by atoms with Crippen LogP contribution in [-0.2, 0) is 84.5 Å². The maximum Gasteiger partial charge on any atom is 0.335 e. The number of amides is 4. The summed E-state index contributed by atoms with van der Waals surface area (Å²) >= 11 is 0. The lowest BCUT2D eigenvalue weighted by atomic mass is 9.90. The van der Waals surface area contributed by atoms with Gasteiger partial charge in [0.15, 0.2) is 6.10 Å². The molecule has 2 aliphatic rings. The summed E-state index contributed by atoms with van der Waals surface area (Å²) in [4.78, 5) is 97.3. The number of rotatable bonds is 29. The first-order valence-electron chi connectivity index (χ1n) is 29.0. The molecule has 0 spiro atoms. The zero-order valence-electron chi connectivity index (χ0n) is 53.6. The topological polar surface area (TPSA) is 253 Å². The number of terminal acetylenes is 1. The van der Waals surface area contributed by atoms with Gasteiger partial charge in [0, 0.05) is 71.7 Å². The molecule has 2 saturated heterocycles. The second-order valence-corrected chi connectivity index (χ2v) is 21.4. The Morgan fingerprint density at radius 2 is 1.53 bits per heavy atom. The highest BCUT2D eigenvalue weighted by Gasteiger charge is 2.40. The van der Waals surface area contributed by atoms with Gasteiger partial charge >= 0.3 is 17.9 Å². The van der Waals surface area contributed by atoms with Crippen LogP contribution in [0.4, 0.5) is 0 Å². The number of likely N-dealkylation sites (tertiary alicyclic amines) is 1. The molecule has 2 fully saturated rings. The lowest BCUT2D eigenvalue weighted by Crippen LogP contribution is -2.53. The van der Waals surface area contributed by atoms with Gasteiger partial charge in [-0.05, 0) is 69.3 Å². The van der Waals surface area contributed by atoms with Crippen LogP contribution in [-0.4, -0.2) is 188 Å². The standard InChI is InChI=1S/C22H41N3O5.C20H22O9.C11H13NO3.C7H17N.C3H8/c1-8-16(4)21(24(5)20(28)13-23-14-26)18(29-6)12-19(27)25-11-9-10-17(25)22(30-7)15(2)3;1-4-7-26-17-8-15(6-5-14(17)11-25-12-21)28-19-10-16(27-13(2)22)9-18(29-19)20(23)24-3;1-15-11(14)10(12-8-13)7-9-5-3-2-4-6-9;1-6(2)7(3)8(4)5;1-3-2/h14-18,21-22H,8-13H2,1-7H3,(H,23,26);1,5-6,8,12,16,18-19H,7,9-11H2,2-3H3;2-6,8,10H,7H2,1H3,(H,12,13);6-7H,1-5H3;3H2,1-2H3. The van der Waals surface area contributed by atoms with E-state index >= 15 is 0 Å². The Morgan fingerprint density at radius 1 is 0.871 bits per heavy atom. The lowest BCUT2D eigenvalue weighted by Gasteiger charge is -2.39. The van der Waals surface area contributed by atoms with E-state index in [2.05, 4.69) is 103 Å². The predicted octanol–water partition coefficient (Wildman–Crippen LogP) is 6.56. The number of nitrogens with zero attached hydrogens (tertiary/aromatic N) is 3. The number of carbonyl (C=O) groups is 8. The molecule has 10 unspecified atom stereocenters. The Labute approximate surface area is 506 Å². The molecule has 4 rings (SSSR count).